The van der Waals surface area contributed by atoms with Crippen molar-refractivity contribution < 1.29 is 14.3 Å². The van der Waals surface area contributed by atoms with Crippen molar-refractivity contribution in [2.45, 2.75) is 51.4 Å². The van der Waals surface area contributed by atoms with Gasteiger partial charge in [0.1, 0.15) is 6.10 Å². The van der Waals surface area contributed by atoms with Crippen LogP contribution in [-0.2, 0) is 14.3 Å². The fourth-order valence-electron chi connectivity index (χ4n) is 1.63. The second-order valence-corrected chi connectivity index (χ2v) is 3.71. The number of hydrogen-bond donors (Lipinski definition) is 0. The van der Waals surface area contributed by atoms with Crippen LogP contribution in [0, 0.1) is 0 Å². The number of ether oxygens (including phenoxy) is 2. The molecule has 1 saturated heterocycles. The van der Waals surface area contributed by atoms with Gasteiger partial charge in [-0.3, -0.25) is 0 Å². The Morgan fingerprint density at radius 2 is 2.36 bits per heavy atom. The SMILES string of the molecule is C=CC(=O)OC(C)CC1CC(CC)O1. The summed E-state index contributed by atoms with van der Waals surface area (Å²) in [7, 11) is 0. The molecule has 0 aliphatic carbocycles. The second-order valence-electron chi connectivity index (χ2n) is 3.71. The van der Waals surface area contributed by atoms with Crippen LogP contribution in [0.4, 0.5) is 0 Å². The monoisotopic (exact) mass is 198 g/mol. The summed E-state index contributed by atoms with van der Waals surface area (Å²) in [6.07, 6.45) is 4.74. The Hall–Kier alpha value is -0.830. The van der Waals surface area contributed by atoms with Gasteiger partial charge in [-0.2, -0.15) is 0 Å². The Morgan fingerprint density at radius 3 is 2.86 bits per heavy atom. The minimum atomic E-state index is -0.358. The minimum Gasteiger partial charge on any atom is -0.459 e. The van der Waals surface area contributed by atoms with Gasteiger partial charge in [0.15, 0.2) is 0 Å². The van der Waals surface area contributed by atoms with Gasteiger partial charge in [0, 0.05) is 12.5 Å². The lowest BCUT2D eigenvalue weighted by Crippen LogP contribution is -2.39. The maximum Gasteiger partial charge on any atom is 0.330 e. The van der Waals surface area contributed by atoms with Crippen molar-refractivity contribution in [2.75, 3.05) is 0 Å². The summed E-state index contributed by atoms with van der Waals surface area (Å²) < 4.78 is 10.6. The van der Waals surface area contributed by atoms with Crippen molar-refractivity contribution in [3.8, 4) is 0 Å². The van der Waals surface area contributed by atoms with E-state index in [9.17, 15) is 4.79 Å². The van der Waals surface area contributed by atoms with Crippen molar-refractivity contribution >= 4 is 5.97 Å². The predicted molar refractivity (Wildman–Crippen MR) is 53.9 cm³/mol. The molecular formula is C11H18O3. The lowest BCUT2D eigenvalue weighted by molar-refractivity contribution is -0.156. The third-order valence-electron chi connectivity index (χ3n) is 2.44. The molecule has 3 unspecified atom stereocenters. The zero-order valence-electron chi connectivity index (χ0n) is 8.86. The van der Waals surface area contributed by atoms with Crippen LogP contribution in [0.2, 0.25) is 0 Å². The molecule has 0 saturated carbocycles. The summed E-state index contributed by atoms with van der Waals surface area (Å²) >= 11 is 0. The fraction of sp³-hybridized carbons (Fsp3) is 0.727. The van der Waals surface area contributed by atoms with Crippen LogP contribution in [-0.4, -0.2) is 24.3 Å². The van der Waals surface area contributed by atoms with Gasteiger partial charge in [0.25, 0.3) is 0 Å². The highest BCUT2D eigenvalue weighted by molar-refractivity contribution is 5.81. The largest absolute Gasteiger partial charge is 0.459 e. The molecule has 1 fully saturated rings. The summed E-state index contributed by atoms with van der Waals surface area (Å²) in [5, 5.41) is 0. The van der Waals surface area contributed by atoms with E-state index in [0.717, 1.165) is 19.3 Å². The molecule has 0 radical (unpaired) electrons. The van der Waals surface area contributed by atoms with E-state index < -0.39 is 0 Å². The van der Waals surface area contributed by atoms with Crippen LogP contribution in [0.25, 0.3) is 0 Å². The smallest absolute Gasteiger partial charge is 0.330 e. The summed E-state index contributed by atoms with van der Waals surface area (Å²) in [6, 6.07) is 0. The summed E-state index contributed by atoms with van der Waals surface area (Å²) in [5.41, 5.74) is 0. The summed E-state index contributed by atoms with van der Waals surface area (Å²) in [6.45, 7) is 7.34. The quantitative estimate of drug-likeness (QED) is 0.501. The van der Waals surface area contributed by atoms with Crippen LogP contribution in [0.15, 0.2) is 12.7 Å². The van der Waals surface area contributed by atoms with E-state index in [1.165, 1.54) is 6.08 Å². The van der Waals surface area contributed by atoms with E-state index >= 15 is 0 Å². The van der Waals surface area contributed by atoms with Crippen molar-refractivity contribution in [2.24, 2.45) is 0 Å². The third kappa shape index (κ3) is 3.14. The molecule has 0 aromatic heterocycles. The maximum absolute atomic E-state index is 10.8. The molecule has 1 heterocycles. The molecule has 0 bridgehead atoms. The molecule has 14 heavy (non-hydrogen) atoms. The molecule has 0 amide bonds. The van der Waals surface area contributed by atoms with Gasteiger partial charge in [-0.1, -0.05) is 13.5 Å². The second kappa shape index (κ2) is 5.15. The molecule has 3 nitrogen and oxygen atoms in total. The number of rotatable bonds is 5. The first-order chi connectivity index (χ1) is 6.65. The van der Waals surface area contributed by atoms with Crippen LogP contribution in [0.1, 0.15) is 33.1 Å². The van der Waals surface area contributed by atoms with E-state index in [1.54, 1.807) is 0 Å². The normalized spacial score (nSPS) is 27.6. The minimum absolute atomic E-state index is 0.0803. The third-order valence-corrected chi connectivity index (χ3v) is 2.44. The van der Waals surface area contributed by atoms with Gasteiger partial charge in [0.05, 0.1) is 12.2 Å². The van der Waals surface area contributed by atoms with Gasteiger partial charge < -0.3 is 9.47 Å². The van der Waals surface area contributed by atoms with E-state index in [1.807, 2.05) is 6.92 Å². The lowest BCUT2D eigenvalue weighted by atomic mass is 9.98. The summed E-state index contributed by atoms with van der Waals surface area (Å²) in [4.78, 5) is 10.8. The molecule has 3 heteroatoms. The fourth-order valence-corrected chi connectivity index (χ4v) is 1.63. The molecule has 1 aliphatic heterocycles. The maximum atomic E-state index is 10.8. The first kappa shape index (κ1) is 11.2. The number of esters is 1. The predicted octanol–water partition coefficient (Wildman–Crippen LogP) is 2.06. The average Bonchev–Trinajstić information content (AvgIpc) is 2.10. The average molecular weight is 198 g/mol. The highest BCUT2D eigenvalue weighted by Gasteiger charge is 2.30. The highest BCUT2D eigenvalue weighted by atomic mass is 16.5. The van der Waals surface area contributed by atoms with E-state index in [0.29, 0.717) is 6.10 Å². The Balaban J connectivity index is 2.13. The molecule has 0 N–H and O–H groups in total. The molecule has 0 aromatic rings. The van der Waals surface area contributed by atoms with Crippen LogP contribution < -0.4 is 0 Å². The van der Waals surface area contributed by atoms with Gasteiger partial charge in [-0.15, -0.1) is 0 Å². The molecule has 3 atom stereocenters. The topological polar surface area (TPSA) is 35.5 Å². The Morgan fingerprint density at radius 1 is 1.71 bits per heavy atom. The highest BCUT2D eigenvalue weighted by Crippen LogP contribution is 2.27. The van der Waals surface area contributed by atoms with Crippen molar-refractivity contribution in [3.05, 3.63) is 12.7 Å². The lowest BCUT2D eigenvalue weighted by Gasteiger charge is -2.36. The van der Waals surface area contributed by atoms with E-state index in [2.05, 4.69) is 13.5 Å². The van der Waals surface area contributed by atoms with Crippen LogP contribution in [0.3, 0.4) is 0 Å². The Labute approximate surface area is 85.1 Å². The zero-order chi connectivity index (χ0) is 10.6. The van der Waals surface area contributed by atoms with E-state index in [-0.39, 0.29) is 18.2 Å². The molecule has 1 rings (SSSR count). The van der Waals surface area contributed by atoms with E-state index in [4.69, 9.17) is 9.47 Å². The van der Waals surface area contributed by atoms with Crippen LogP contribution in [0.5, 0.6) is 0 Å². The molecule has 80 valence electrons. The zero-order valence-corrected chi connectivity index (χ0v) is 8.86. The van der Waals surface area contributed by atoms with Gasteiger partial charge in [-0.25, -0.2) is 4.79 Å². The van der Waals surface area contributed by atoms with Gasteiger partial charge >= 0.3 is 5.97 Å². The molecule has 0 spiro atoms. The first-order valence-corrected chi connectivity index (χ1v) is 5.14. The van der Waals surface area contributed by atoms with Crippen molar-refractivity contribution in [1.29, 1.82) is 0 Å². The summed E-state index contributed by atoms with van der Waals surface area (Å²) in [5.74, 6) is -0.358. The van der Waals surface area contributed by atoms with Crippen molar-refractivity contribution in [1.82, 2.24) is 0 Å². The van der Waals surface area contributed by atoms with Crippen LogP contribution >= 0.6 is 0 Å². The first-order valence-electron chi connectivity index (χ1n) is 5.14. The Kier molecular flexibility index (Phi) is 4.14. The standard InChI is InChI=1S/C11H18O3/c1-4-9-7-10(14-9)6-8(3)13-11(12)5-2/h5,8-10H,2,4,6-7H2,1,3H3. The number of carbonyl (C=O) groups excluding carboxylic acids is 1. The number of hydrogen-bond acceptors (Lipinski definition) is 3. The molecule has 1 aliphatic rings. The molecule has 0 aromatic carbocycles. The van der Waals surface area contributed by atoms with Crippen molar-refractivity contribution in [3.63, 3.8) is 0 Å². The van der Waals surface area contributed by atoms with Gasteiger partial charge in [0.2, 0.25) is 0 Å². The molecular weight excluding hydrogens is 180 g/mol. The Bertz CT molecular complexity index is 207. The number of carbonyl (C=O) groups is 1. The van der Waals surface area contributed by atoms with Gasteiger partial charge in [-0.05, 0) is 19.8 Å².